The molecule has 0 bridgehead atoms. The predicted octanol–water partition coefficient (Wildman–Crippen LogP) is 1.08. The van der Waals surface area contributed by atoms with Crippen LogP contribution in [0, 0.1) is 0 Å². The van der Waals surface area contributed by atoms with Gasteiger partial charge in [-0.2, -0.15) is 0 Å². The number of nitrogens with two attached hydrogens (primary N) is 1. The Morgan fingerprint density at radius 2 is 1.77 bits per heavy atom. The summed E-state index contributed by atoms with van der Waals surface area (Å²) in [7, 11) is -4.13. The highest BCUT2D eigenvalue weighted by Crippen LogP contribution is 2.35. The van der Waals surface area contributed by atoms with E-state index in [0.29, 0.717) is 5.56 Å². The monoisotopic (exact) mass is 374 g/mol. The predicted molar refractivity (Wildman–Crippen MR) is 91.1 cm³/mol. The molecule has 9 heteroatoms. The molecule has 1 aliphatic rings. The van der Waals surface area contributed by atoms with Crippen molar-refractivity contribution in [2.75, 3.05) is 4.90 Å². The van der Waals surface area contributed by atoms with E-state index >= 15 is 0 Å². The average Bonchev–Trinajstić information content (AvgIpc) is 2.88. The summed E-state index contributed by atoms with van der Waals surface area (Å²) in [6.07, 6.45) is -0.0984. The number of carbonyl (C=O) groups excluding carboxylic acids is 2. The lowest BCUT2D eigenvalue weighted by atomic mass is 9.98. The van der Waals surface area contributed by atoms with Gasteiger partial charge in [-0.3, -0.25) is 9.59 Å². The molecule has 0 spiro atoms. The van der Waals surface area contributed by atoms with E-state index in [1.165, 1.54) is 0 Å². The molecule has 1 aliphatic heterocycles. The van der Waals surface area contributed by atoms with Crippen molar-refractivity contribution in [3.63, 3.8) is 0 Å². The molecule has 1 fully saturated rings. The molecule has 1 heterocycles. The van der Waals surface area contributed by atoms with Crippen LogP contribution in [0.15, 0.2) is 53.4 Å². The molecule has 2 aromatic rings. The molecule has 8 nitrogen and oxygen atoms in total. The zero-order valence-electron chi connectivity index (χ0n) is 13.3. The van der Waals surface area contributed by atoms with Crippen LogP contribution in [0.1, 0.15) is 28.3 Å². The summed E-state index contributed by atoms with van der Waals surface area (Å²) >= 11 is 0. The molecule has 3 N–H and O–H groups in total. The number of aromatic carboxylic acids is 1. The highest BCUT2D eigenvalue weighted by atomic mass is 32.2. The first kappa shape index (κ1) is 17.8. The Morgan fingerprint density at radius 1 is 1.12 bits per heavy atom. The quantitative estimate of drug-likeness (QED) is 0.769. The second-order valence-electron chi connectivity index (χ2n) is 5.76. The van der Waals surface area contributed by atoms with Gasteiger partial charge in [-0.1, -0.05) is 30.3 Å². The summed E-state index contributed by atoms with van der Waals surface area (Å²) < 4.78 is 22.9. The third-order valence-electron chi connectivity index (χ3n) is 4.12. The molecular formula is C17H14N2O6S. The van der Waals surface area contributed by atoms with Crippen molar-refractivity contribution in [2.45, 2.75) is 17.2 Å². The first-order valence-electron chi connectivity index (χ1n) is 7.52. The summed E-state index contributed by atoms with van der Waals surface area (Å²) in [4.78, 5) is 37.0. The SMILES string of the molecule is NS(=O)(=O)c1ccc(N2C(=O)CC(c3ccccc3)C2=O)c(C(=O)O)c1. The van der Waals surface area contributed by atoms with Gasteiger partial charge in [-0.25, -0.2) is 23.3 Å². The van der Waals surface area contributed by atoms with Crippen LogP contribution in [0.4, 0.5) is 5.69 Å². The molecular weight excluding hydrogens is 360 g/mol. The molecule has 0 aromatic heterocycles. The number of rotatable bonds is 4. The van der Waals surface area contributed by atoms with E-state index in [1.807, 2.05) is 0 Å². The van der Waals surface area contributed by atoms with Gasteiger partial charge in [0.2, 0.25) is 21.8 Å². The van der Waals surface area contributed by atoms with Crippen molar-refractivity contribution in [3.05, 3.63) is 59.7 Å². The average molecular weight is 374 g/mol. The summed E-state index contributed by atoms with van der Waals surface area (Å²) in [6.45, 7) is 0. The Bertz CT molecular complexity index is 1020. The van der Waals surface area contributed by atoms with Crippen LogP contribution >= 0.6 is 0 Å². The van der Waals surface area contributed by atoms with E-state index in [4.69, 9.17) is 5.14 Å². The Morgan fingerprint density at radius 3 is 2.35 bits per heavy atom. The fourth-order valence-corrected chi connectivity index (χ4v) is 3.43. The minimum Gasteiger partial charge on any atom is -0.478 e. The summed E-state index contributed by atoms with van der Waals surface area (Å²) in [5.41, 5.74) is -0.0309. The first-order chi connectivity index (χ1) is 12.2. The molecule has 2 aromatic carbocycles. The number of carboxylic acid groups (broad SMARTS) is 1. The van der Waals surface area contributed by atoms with E-state index in [2.05, 4.69) is 0 Å². The van der Waals surface area contributed by atoms with Crippen molar-refractivity contribution in [1.29, 1.82) is 0 Å². The standard InChI is InChI=1S/C17H14N2O6S/c18-26(24,25)11-6-7-14(13(8-11)17(22)23)19-15(20)9-12(16(19)21)10-4-2-1-3-5-10/h1-8,12H,9H2,(H,22,23)(H2,18,24,25). The van der Waals surface area contributed by atoms with Crippen LogP contribution in [0.5, 0.6) is 0 Å². The first-order valence-corrected chi connectivity index (χ1v) is 9.06. The zero-order valence-corrected chi connectivity index (χ0v) is 14.1. The van der Waals surface area contributed by atoms with Crippen LogP contribution < -0.4 is 10.0 Å². The van der Waals surface area contributed by atoms with E-state index in [0.717, 1.165) is 23.1 Å². The van der Waals surface area contributed by atoms with Crippen molar-refractivity contribution < 1.29 is 27.9 Å². The molecule has 3 rings (SSSR count). The minimum atomic E-state index is -4.13. The van der Waals surface area contributed by atoms with Crippen molar-refractivity contribution in [3.8, 4) is 0 Å². The van der Waals surface area contributed by atoms with Gasteiger partial charge in [-0.05, 0) is 23.8 Å². The molecule has 2 amide bonds. The smallest absolute Gasteiger partial charge is 0.337 e. The van der Waals surface area contributed by atoms with E-state index in [9.17, 15) is 27.9 Å². The number of carbonyl (C=O) groups is 3. The lowest BCUT2D eigenvalue weighted by Crippen LogP contribution is -2.31. The second-order valence-corrected chi connectivity index (χ2v) is 7.33. The lowest BCUT2D eigenvalue weighted by molar-refractivity contribution is -0.121. The van der Waals surface area contributed by atoms with E-state index in [1.54, 1.807) is 30.3 Å². The van der Waals surface area contributed by atoms with Gasteiger partial charge < -0.3 is 5.11 Å². The number of imide groups is 1. The number of anilines is 1. The Balaban J connectivity index is 2.07. The maximum absolute atomic E-state index is 12.7. The van der Waals surface area contributed by atoms with Gasteiger partial charge in [0.05, 0.1) is 22.1 Å². The summed E-state index contributed by atoms with van der Waals surface area (Å²) in [6, 6.07) is 11.7. The molecule has 1 unspecified atom stereocenters. The largest absolute Gasteiger partial charge is 0.478 e. The number of primary sulfonamides is 1. The normalized spacial score (nSPS) is 17.6. The zero-order chi connectivity index (χ0) is 19.1. The number of sulfonamides is 1. The summed E-state index contributed by atoms with van der Waals surface area (Å²) in [5, 5.41) is 14.4. The maximum atomic E-state index is 12.7. The van der Waals surface area contributed by atoms with Gasteiger partial charge in [-0.15, -0.1) is 0 Å². The third kappa shape index (κ3) is 3.09. The minimum absolute atomic E-state index is 0.0984. The second kappa shape index (κ2) is 6.36. The lowest BCUT2D eigenvalue weighted by Gasteiger charge is -2.18. The number of nitrogens with zero attached hydrogens (tertiary/aromatic N) is 1. The number of benzene rings is 2. The maximum Gasteiger partial charge on any atom is 0.337 e. The van der Waals surface area contributed by atoms with Crippen LogP contribution in [-0.2, 0) is 19.6 Å². The molecule has 0 aliphatic carbocycles. The van der Waals surface area contributed by atoms with Crippen molar-refractivity contribution >= 4 is 33.5 Å². The number of carboxylic acids is 1. The molecule has 134 valence electrons. The van der Waals surface area contributed by atoms with E-state index in [-0.39, 0.29) is 12.1 Å². The molecule has 0 saturated carbocycles. The van der Waals surface area contributed by atoms with Crippen LogP contribution in [0.25, 0.3) is 0 Å². The topological polar surface area (TPSA) is 135 Å². The number of hydrogen-bond donors (Lipinski definition) is 2. The highest BCUT2D eigenvalue weighted by Gasteiger charge is 2.41. The fraction of sp³-hybridized carbons (Fsp3) is 0.118. The Hall–Kier alpha value is -3.04. The van der Waals surface area contributed by atoms with Gasteiger partial charge in [0.1, 0.15) is 0 Å². The molecule has 26 heavy (non-hydrogen) atoms. The van der Waals surface area contributed by atoms with Crippen molar-refractivity contribution in [1.82, 2.24) is 0 Å². The van der Waals surface area contributed by atoms with Crippen LogP contribution in [0.2, 0.25) is 0 Å². The number of hydrogen-bond acceptors (Lipinski definition) is 5. The molecule has 1 saturated heterocycles. The molecule has 0 radical (unpaired) electrons. The molecule has 1 atom stereocenters. The van der Waals surface area contributed by atoms with Gasteiger partial charge in [0.25, 0.3) is 0 Å². The van der Waals surface area contributed by atoms with Gasteiger partial charge >= 0.3 is 5.97 Å². The Kier molecular flexibility index (Phi) is 4.34. The Labute approximate surface area is 148 Å². The van der Waals surface area contributed by atoms with Crippen LogP contribution in [0.3, 0.4) is 0 Å². The van der Waals surface area contributed by atoms with Gasteiger partial charge in [0, 0.05) is 6.42 Å². The van der Waals surface area contributed by atoms with Crippen LogP contribution in [-0.4, -0.2) is 31.3 Å². The van der Waals surface area contributed by atoms with Gasteiger partial charge in [0.15, 0.2) is 0 Å². The summed E-state index contributed by atoms with van der Waals surface area (Å²) in [5.74, 6) is -3.32. The fourth-order valence-electron chi connectivity index (χ4n) is 2.89. The highest BCUT2D eigenvalue weighted by molar-refractivity contribution is 7.89. The number of amides is 2. The van der Waals surface area contributed by atoms with E-state index < -0.39 is 44.2 Å². The third-order valence-corrected chi connectivity index (χ3v) is 5.03. The van der Waals surface area contributed by atoms with Crippen molar-refractivity contribution in [2.24, 2.45) is 5.14 Å².